The first-order valence-corrected chi connectivity index (χ1v) is 13.0. The van der Waals surface area contributed by atoms with Crippen LogP contribution in [-0.2, 0) is 9.47 Å². The number of hydrogen-bond donors (Lipinski definition) is 4. The number of hydrogen-bond acceptors (Lipinski definition) is 6. The average Bonchev–Trinajstić information content (AvgIpc) is 3.16. The topological polar surface area (TPSA) is 99.4 Å². The van der Waals surface area contributed by atoms with Gasteiger partial charge < -0.3 is 29.9 Å². The van der Waals surface area contributed by atoms with E-state index < -0.39 is 37.3 Å². The van der Waals surface area contributed by atoms with Gasteiger partial charge in [-0.2, -0.15) is 0 Å². The molecule has 1 heterocycles. The monoisotopic (exact) mass is 462 g/mol. The minimum atomic E-state index is -1.40. The average molecular weight is 463 g/mol. The number of aliphatic hydroxyl groups is 4. The van der Waals surface area contributed by atoms with Gasteiger partial charge in [0.2, 0.25) is 0 Å². The van der Waals surface area contributed by atoms with Crippen LogP contribution in [0.2, 0.25) is 0 Å². The van der Waals surface area contributed by atoms with Gasteiger partial charge in [-0.1, -0.05) is 31.6 Å². The Labute approximate surface area is 197 Å². The van der Waals surface area contributed by atoms with E-state index in [1.54, 1.807) is 0 Å². The highest BCUT2D eigenvalue weighted by Crippen LogP contribution is 2.66. The van der Waals surface area contributed by atoms with Gasteiger partial charge in [-0.05, 0) is 85.9 Å². The molecule has 0 aromatic rings. The molecular formula is C27H42O6. The van der Waals surface area contributed by atoms with Crippen molar-refractivity contribution in [1.82, 2.24) is 0 Å². The summed E-state index contributed by atoms with van der Waals surface area (Å²) in [5.74, 6) is 2.92. The summed E-state index contributed by atoms with van der Waals surface area (Å²) >= 11 is 0. The molecular weight excluding hydrogens is 420 g/mol. The maximum atomic E-state index is 10.4. The Bertz CT molecular complexity index is 781. The predicted octanol–water partition coefficient (Wildman–Crippen LogP) is 2.94. The van der Waals surface area contributed by atoms with Gasteiger partial charge in [-0.3, -0.25) is 0 Å². The van der Waals surface area contributed by atoms with Gasteiger partial charge >= 0.3 is 0 Å². The lowest BCUT2D eigenvalue weighted by atomic mass is 9.47. The van der Waals surface area contributed by atoms with Crippen LogP contribution in [0.25, 0.3) is 0 Å². The first-order chi connectivity index (χ1) is 15.7. The molecule has 0 aromatic heterocycles. The van der Waals surface area contributed by atoms with Crippen LogP contribution in [0.3, 0.4) is 0 Å². The highest BCUT2D eigenvalue weighted by molar-refractivity contribution is 5.25. The fraction of sp³-hybridized carbons (Fsp3) is 0.852. The summed E-state index contributed by atoms with van der Waals surface area (Å²) in [4.78, 5) is 0. The summed E-state index contributed by atoms with van der Waals surface area (Å²) in [7, 11) is 0. The highest BCUT2D eigenvalue weighted by Gasteiger charge is 2.58. The van der Waals surface area contributed by atoms with E-state index >= 15 is 0 Å². The fourth-order valence-electron chi connectivity index (χ4n) is 8.54. The van der Waals surface area contributed by atoms with Gasteiger partial charge in [0.1, 0.15) is 24.4 Å². The summed E-state index contributed by atoms with van der Waals surface area (Å²) in [5, 5.41) is 40.0. The smallest absolute Gasteiger partial charge is 0.186 e. The summed E-state index contributed by atoms with van der Waals surface area (Å²) in [6, 6.07) is 0. The first kappa shape index (κ1) is 24.0. The number of fused-ring (bicyclic) bond motifs is 5. The molecule has 0 aromatic carbocycles. The number of allylic oxidation sites excluding steroid dienone is 2. The van der Waals surface area contributed by atoms with Gasteiger partial charge in [0.05, 0.1) is 12.7 Å². The van der Waals surface area contributed by atoms with Gasteiger partial charge in [-0.25, -0.2) is 0 Å². The van der Waals surface area contributed by atoms with E-state index in [-0.39, 0.29) is 11.5 Å². The number of ether oxygens (including phenoxy) is 2. The van der Waals surface area contributed by atoms with Crippen molar-refractivity contribution in [2.75, 3.05) is 6.61 Å². The molecule has 33 heavy (non-hydrogen) atoms. The molecule has 6 heteroatoms. The molecule has 1 saturated heterocycles. The van der Waals surface area contributed by atoms with Crippen molar-refractivity contribution in [3.05, 3.63) is 24.3 Å². The van der Waals surface area contributed by atoms with Crippen molar-refractivity contribution < 1.29 is 29.9 Å². The normalized spacial score (nSPS) is 54.1. The van der Waals surface area contributed by atoms with E-state index in [4.69, 9.17) is 9.47 Å². The number of aliphatic hydroxyl groups excluding tert-OH is 4. The third kappa shape index (κ3) is 3.68. The van der Waals surface area contributed by atoms with Crippen LogP contribution < -0.4 is 0 Å². The maximum absolute atomic E-state index is 10.4. The van der Waals surface area contributed by atoms with Crippen LogP contribution in [0.5, 0.6) is 0 Å². The van der Waals surface area contributed by atoms with Crippen LogP contribution >= 0.6 is 0 Å². The van der Waals surface area contributed by atoms with E-state index in [2.05, 4.69) is 32.6 Å². The molecule has 4 fully saturated rings. The molecule has 5 aliphatic rings. The Morgan fingerprint density at radius 2 is 1.85 bits per heavy atom. The zero-order valence-corrected chi connectivity index (χ0v) is 20.1. The van der Waals surface area contributed by atoms with Crippen molar-refractivity contribution in [2.45, 2.75) is 102 Å². The van der Waals surface area contributed by atoms with Gasteiger partial charge in [0, 0.05) is 0 Å². The van der Waals surface area contributed by atoms with Crippen molar-refractivity contribution in [2.24, 2.45) is 34.5 Å². The summed E-state index contributed by atoms with van der Waals surface area (Å²) in [5.41, 5.74) is 2.09. The minimum Gasteiger partial charge on any atom is -0.394 e. The van der Waals surface area contributed by atoms with Gasteiger partial charge in [0.25, 0.3) is 0 Å². The Morgan fingerprint density at radius 3 is 2.58 bits per heavy atom. The highest BCUT2D eigenvalue weighted by atomic mass is 16.7. The maximum Gasteiger partial charge on any atom is 0.186 e. The molecule has 0 amide bonds. The van der Waals surface area contributed by atoms with Crippen LogP contribution in [0.4, 0.5) is 0 Å². The molecule has 4 N–H and O–H groups in total. The zero-order valence-electron chi connectivity index (χ0n) is 20.1. The fourth-order valence-corrected chi connectivity index (χ4v) is 8.54. The van der Waals surface area contributed by atoms with Crippen molar-refractivity contribution in [3.8, 4) is 0 Å². The SMILES string of the molecule is C=C[C@H]1CC[C@H]2[C@@H]3CC=C4C[C@@H](O[C@@H]5O[C@H](CO)[C@H](O)[C@H](O)[C@H]5O)CC[C@]4(C)[C@H]3CC[C@]12C. The lowest BCUT2D eigenvalue weighted by molar-refractivity contribution is -0.313. The lowest BCUT2D eigenvalue weighted by Gasteiger charge is -2.58. The third-order valence-electron chi connectivity index (χ3n) is 10.6. The van der Waals surface area contributed by atoms with E-state index in [1.165, 1.54) is 31.3 Å². The van der Waals surface area contributed by atoms with E-state index in [1.807, 2.05) is 0 Å². The zero-order chi connectivity index (χ0) is 23.5. The molecule has 3 saturated carbocycles. The third-order valence-corrected chi connectivity index (χ3v) is 10.6. The second-order valence-electron chi connectivity index (χ2n) is 11.9. The second-order valence-corrected chi connectivity index (χ2v) is 11.9. The lowest BCUT2D eigenvalue weighted by Crippen LogP contribution is -2.60. The minimum absolute atomic E-state index is 0.104. The summed E-state index contributed by atoms with van der Waals surface area (Å²) < 4.78 is 11.7. The van der Waals surface area contributed by atoms with Gasteiger partial charge in [-0.15, -0.1) is 6.58 Å². The van der Waals surface area contributed by atoms with Crippen LogP contribution in [0.1, 0.15) is 65.2 Å². The molecule has 1 aliphatic heterocycles. The Hall–Kier alpha value is -0.760. The largest absolute Gasteiger partial charge is 0.394 e. The number of rotatable bonds is 4. The molecule has 0 unspecified atom stereocenters. The van der Waals surface area contributed by atoms with E-state index in [0.29, 0.717) is 17.3 Å². The van der Waals surface area contributed by atoms with Crippen molar-refractivity contribution in [1.29, 1.82) is 0 Å². The summed E-state index contributed by atoms with van der Waals surface area (Å²) in [6.45, 7) is 8.68. The van der Waals surface area contributed by atoms with Crippen LogP contribution in [0, 0.1) is 34.5 Å². The molecule has 186 valence electrons. The Kier molecular flexibility index (Phi) is 6.33. The first-order valence-electron chi connectivity index (χ1n) is 13.0. The predicted molar refractivity (Wildman–Crippen MR) is 124 cm³/mol. The van der Waals surface area contributed by atoms with Crippen LogP contribution in [0.15, 0.2) is 24.3 Å². The second kappa shape index (κ2) is 8.72. The molecule has 5 rings (SSSR count). The summed E-state index contributed by atoms with van der Waals surface area (Å²) in [6.07, 6.45) is 7.62. The van der Waals surface area contributed by atoms with Crippen molar-refractivity contribution >= 4 is 0 Å². The van der Waals surface area contributed by atoms with Crippen LogP contribution in [-0.4, -0.2) is 63.8 Å². The molecule has 4 aliphatic carbocycles. The quantitative estimate of drug-likeness (QED) is 0.480. The van der Waals surface area contributed by atoms with E-state index in [9.17, 15) is 20.4 Å². The molecule has 0 bridgehead atoms. The van der Waals surface area contributed by atoms with Crippen molar-refractivity contribution in [3.63, 3.8) is 0 Å². The Morgan fingerprint density at radius 1 is 1.06 bits per heavy atom. The standard InChI is InChI=1S/C27H42O6/c1-4-15-6-8-19-18-7-5-16-13-17(9-11-27(16,3)20(18)10-12-26(15,19)2)32-25-24(31)23(30)22(29)21(14-28)33-25/h4-5,15,17-25,28-31H,1,6-14H2,2-3H3/t15-,17-,18-,19-,20-,21+,22-,23-,24+,25+,26+,27-/m0/s1. The Balaban J connectivity index is 1.29. The van der Waals surface area contributed by atoms with Gasteiger partial charge in [0.15, 0.2) is 6.29 Å². The molecule has 0 spiro atoms. The molecule has 12 atom stereocenters. The molecule has 0 radical (unpaired) electrons. The van der Waals surface area contributed by atoms with E-state index in [0.717, 1.165) is 37.5 Å². The molecule has 6 nitrogen and oxygen atoms in total.